The van der Waals surface area contributed by atoms with Crippen molar-refractivity contribution in [2.75, 3.05) is 13.1 Å². The minimum Gasteiger partial charge on any atom is -0.387 e. The minimum absolute atomic E-state index is 0.00993. The molecule has 1 aromatic heterocycles. The molecular formula is C12H18N2O2S. The van der Waals surface area contributed by atoms with Gasteiger partial charge in [-0.1, -0.05) is 6.92 Å². The van der Waals surface area contributed by atoms with E-state index < -0.39 is 6.10 Å². The Morgan fingerprint density at radius 2 is 2.59 bits per heavy atom. The molecule has 0 aromatic carbocycles. The molecule has 2 rings (SSSR count). The van der Waals surface area contributed by atoms with Crippen LogP contribution in [-0.2, 0) is 4.79 Å². The number of aliphatic hydroxyl groups excluding tert-OH is 1. The van der Waals surface area contributed by atoms with E-state index in [1.807, 2.05) is 16.8 Å². The highest BCUT2D eigenvalue weighted by molar-refractivity contribution is 7.07. The van der Waals surface area contributed by atoms with Crippen LogP contribution in [-0.4, -0.2) is 30.1 Å². The highest BCUT2D eigenvalue weighted by Crippen LogP contribution is 2.16. The maximum atomic E-state index is 11.8. The van der Waals surface area contributed by atoms with Crippen LogP contribution in [0.2, 0.25) is 0 Å². The third-order valence-corrected chi connectivity index (χ3v) is 3.91. The zero-order chi connectivity index (χ0) is 12.3. The zero-order valence-electron chi connectivity index (χ0n) is 9.85. The SMILES string of the molecule is CC1CCNC1C(=O)NCC(O)c1ccsc1. The van der Waals surface area contributed by atoms with Gasteiger partial charge in [-0.05, 0) is 41.3 Å². The summed E-state index contributed by atoms with van der Waals surface area (Å²) in [6.45, 7) is 3.24. The molecule has 17 heavy (non-hydrogen) atoms. The lowest BCUT2D eigenvalue weighted by Gasteiger charge is -2.17. The van der Waals surface area contributed by atoms with Crippen molar-refractivity contribution in [2.45, 2.75) is 25.5 Å². The number of carbonyl (C=O) groups excluding carboxylic acids is 1. The molecule has 3 N–H and O–H groups in total. The van der Waals surface area contributed by atoms with E-state index in [0.717, 1.165) is 18.5 Å². The van der Waals surface area contributed by atoms with Crippen molar-refractivity contribution in [3.05, 3.63) is 22.4 Å². The number of hydrogen-bond donors (Lipinski definition) is 3. The molecule has 1 aromatic rings. The zero-order valence-corrected chi connectivity index (χ0v) is 10.7. The molecule has 5 heteroatoms. The second kappa shape index (κ2) is 5.62. The monoisotopic (exact) mass is 254 g/mol. The molecule has 0 radical (unpaired) electrons. The quantitative estimate of drug-likeness (QED) is 0.748. The van der Waals surface area contributed by atoms with Crippen molar-refractivity contribution < 1.29 is 9.90 Å². The molecule has 1 amide bonds. The summed E-state index contributed by atoms with van der Waals surface area (Å²) in [5, 5.41) is 19.6. The predicted molar refractivity (Wildman–Crippen MR) is 67.9 cm³/mol. The summed E-state index contributed by atoms with van der Waals surface area (Å²) >= 11 is 1.54. The molecule has 0 bridgehead atoms. The molecule has 4 nitrogen and oxygen atoms in total. The fourth-order valence-electron chi connectivity index (χ4n) is 2.08. The minimum atomic E-state index is -0.609. The van der Waals surface area contributed by atoms with E-state index in [4.69, 9.17) is 0 Å². The summed E-state index contributed by atoms with van der Waals surface area (Å²) in [7, 11) is 0. The number of carbonyl (C=O) groups is 1. The lowest BCUT2D eigenvalue weighted by molar-refractivity contribution is -0.124. The Morgan fingerprint density at radius 3 is 3.18 bits per heavy atom. The Hall–Kier alpha value is -0.910. The topological polar surface area (TPSA) is 61.4 Å². The molecular weight excluding hydrogens is 236 g/mol. The average Bonchev–Trinajstić information content (AvgIpc) is 2.95. The van der Waals surface area contributed by atoms with E-state index >= 15 is 0 Å². The molecule has 0 spiro atoms. The van der Waals surface area contributed by atoms with Gasteiger partial charge in [0.1, 0.15) is 0 Å². The number of amides is 1. The molecule has 94 valence electrons. The van der Waals surface area contributed by atoms with Crippen molar-refractivity contribution in [3.63, 3.8) is 0 Å². The van der Waals surface area contributed by atoms with Crippen LogP contribution in [0.25, 0.3) is 0 Å². The van der Waals surface area contributed by atoms with Crippen LogP contribution in [0.3, 0.4) is 0 Å². The Balaban J connectivity index is 1.80. The second-order valence-electron chi connectivity index (χ2n) is 4.52. The van der Waals surface area contributed by atoms with E-state index in [1.54, 1.807) is 11.3 Å². The summed E-state index contributed by atoms with van der Waals surface area (Å²) in [6.07, 6.45) is 0.424. The molecule has 3 unspecified atom stereocenters. The second-order valence-corrected chi connectivity index (χ2v) is 5.30. The number of thiophene rings is 1. The third-order valence-electron chi connectivity index (χ3n) is 3.21. The highest BCUT2D eigenvalue weighted by Gasteiger charge is 2.29. The fraction of sp³-hybridized carbons (Fsp3) is 0.583. The van der Waals surface area contributed by atoms with Crippen LogP contribution in [0.1, 0.15) is 25.0 Å². The van der Waals surface area contributed by atoms with Crippen molar-refractivity contribution in [1.29, 1.82) is 0 Å². The Bertz CT molecular complexity index is 367. The molecule has 3 atom stereocenters. The molecule has 1 aliphatic heterocycles. The average molecular weight is 254 g/mol. The van der Waals surface area contributed by atoms with Gasteiger partial charge in [-0.15, -0.1) is 0 Å². The van der Waals surface area contributed by atoms with Gasteiger partial charge >= 0.3 is 0 Å². The van der Waals surface area contributed by atoms with Crippen molar-refractivity contribution in [2.24, 2.45) is 5.92 Å². The van der Waals surface area contributed by atoms with Gasteiger partial charge in [-0.3, -0.25) is 4.79 Å². The number of nitrogens with one attached hydrogen (secondary N) is 2. The molecule has 2 heterocycles. The first kappa shape index (κ1) is 12.5. The van der Waals surface area contributed by atoms with Crippen LogP contribution in [0.15, 0.2) is 16.8 Å². The lowest BCUT2D eigenvalue weighted by atomic mass is 10.0. The predicted octanol–water partition coefficient (Wildman–Crippen LogP) is 0.896. The van der Waals surface area contributed by atoms with Crippen LogP contribution in [0, 0.1) is 5.92 Å². The van der Waals surface area contributed by atoms with Gasteiger partial charge in [-0.25, -0.2) is 0 Å². The van der Waals surface area contributed by atoms with Crippen LogP contribution in [0.4, 0.5) is 0 Å². The largest absolute Gasteiger partial charge is 0.387 e. The van der Waals surface area contributed by atoms with Gasteiger partial charge in [0.05, 0.1) is 12.1 Å². The molecule has 0 aliphatic carbocycles. The number of aliphatic hydroxyl groups is 1. The van der Waals surface area contributed by atoms with Gasteiger partial charge in [0.25, 0.3) is 0 Å². The van der Waals surface area contributed by atoms with Gasteiger partial charge in [0.2, 0.25) is 5.91 Å². The van der Waals surface area contributed by atoms with E-state index in [1.165, 1.54) is 0 Å². The summed E-state index contributed by atoms with van der Waals surface area (Å²) in [5.74, 6) is 0.359. The summed E-state index contributed by atoms with van der Waals surface area (Å²) in [6, 6.07) is 1.77. The summed E-state index contributed by atoms with van der Waals surface area (Å²) in [5.41, 5.74) is 0.864. The van der Waals surface area contributed by atoms with Gasteiger partial charge < -0.3 is 15.7 Å². The fourth-order valence-corrected chi connectivity index (χ4v) is 2.78. The molecule has 0 saturated carbocycles. The van der Waals surface area contributed by atoms with Gasteiger partial charge in [0, 0.05) is 6.54 Å². The maximum absolute atomic E-state index is 11.8. The van der Waals surface area contributed by atoms with Crippen molar-refractivity contribution in [3.8, 4) is 0 Å². The third kappa shape index (κ3) is 3.06. The van der Waals surface area contributed by atoms with Crippen molar-refractivity contribution >= 4 is 17.2 Å². The molecule has 1 saturated heterocycles. The maximum Gasteiger partial charge on any atom is 0.237 e. The first-order valence-electron chi connectivity index (χ1n) is 5.89. The van der Waals surface area contributed by atoms with Gasteiger partial charge in [0.15, 0.2) is 0 Å². The van der Waals surface area contributed by atoms with E-state index in [-0.39, 0.29) is 18.5 Å². The van der Waals surface area contributed by atoms with Gasteiger partial charge in [-0.2, -0.15) is 11.3 Å². The summed E-state index contributed by atoms with van der Waals surface area (Å²) < 4.78 is 0. The van der Waals surface area contributed by atoms with Crippen LogP contribution >= 0.6 is 11.3 Å². The van der Waals surface area contributed by atoms with Crippen LogP contribution in [0.5, 0.6) is 0 Å². The first-order chi connectivity index (χ1) is 8.18. The van der Waals surface area contributed by atoms with E-state index in [9.17, 15) is 9.90 Å². The van der Waals surface area contributed by atoms with Crippen LogP contribution < -0.4 is 10.6 Å². The Morgan fingerprint density at radius 1 is 1.76 bits per heavy atom. The number of rotatable bonds is 4. The Labute approximate surface area is 105 Å². The van der Waals surface area contributed by atoms with Crippen molar-refractivity contribution in [1.82, 2.24) is 10.6 Å². The Kier molecular flexibility index (Phi) is 4.15. The summed E-state index contributed by atoms with van der Waals surface area (Å²) in [4.78, 5) is 11.8. The number of hydrogen-bond acceptors (Lipinski definition) is 4. The molecule has 1 fully saturated rings. The van der Waals surface area contributed by atoms with E-state index in [0.29, 0.717) is 5.92 Å². The standard InChI is InChI=1S/C12H18N2O2S/c1-8-2-4-13-11(8)12(16)14-6-10(15)9-3-5-17-7-9/h3,5,7-8,10-11,13,15H,2,4,6H2,1H3,(H,14,16). The highest BCUT2D eigenvalue weighted by atomic mass is 32.1. The first-order valence-corrected chi connectivity index (χ1v) is 6.84. The molecule has 1 aliphatic rings. The smallest absolute Gasteiger partial charge is 0.237 e. The van der Waals surface area contributed by atoms with E-state index in [2.05, 4.69) is 17.6 Å². The normalized spacial score (nSPS) is 25.8. The lowest BCUT2D eigenvalue weighted by Crippen LogP contribution is -2.44.